The number of benzene rings is 1. The third-order valence-electron chi connectivity index (χ3n) is 3.42. The summed E-state index contributed by atoms with van der Waals surface area (Å²) in [6, 6.07) is 8.83. The second-order valence-electron chi connectivity index (χ2n) is 4.64. The van der Waals surface area contributed by atoms with Gasteiger partial charge in [-0.05, 0) is 36.1 Å². The first-order chi connectivity index (χ1) is 8.33. The number of nitrogens with zero attached hydrogens (tertiary/aromatic N) is 2. The molecule has 3 heteroatoms. The van der Waals surface area contributed by atoms with E-state index in [0.717, 1.165) is 13.0 Å². The molecule has 0 saturated carbocycles. The Kier molecular flexibility index (Phi) is 2.59. The number of nitrogens with one attached hydrogen (secondary N) is 1. The molecule has 0 spiro atoms. The van der Waals surface area contributed by atoms with E-state index in [0.29, 0.717) is 0 Å². The first kappa shape index (κ1) is 10.4. The van der Waals surface area contributed by atoms with Crippen molar-refractivity contribution in [2.24, 2.45) is 7.05 Å². The lowest BCUT2D eigenvalue weighted by Crippen LogP contribution is -2.12. The lowest BCUT2D eigenvalue weighted by molar-refractivity contribution is 0.724. The highest BCUT2D eigenvalue weighted by Crippen LogP contribution is 2.23. The largest absolute Gasteiger partial charge is 0.385 e. The van der Waals surface area contributed by atoms with Gasteiger partial charge in [-0.3, -0.25) is 4.68 Å². The van der Waals surface area contributed by atoms with Crippen molar-refractivity contribution in [2.75, 3.05) is 11.9 Å². The summed E-state index contributed by atoms with van der Waals surface area (Å²) in [5, 5.41) is 7.65. The molecule has 1 aromatic heterocycles. The fourth-order valence-electron chi connectivity index (χ4n) is 2.42. The zero-order valence-electron chi connectivity index (χ0n) is 10.1. The van der Waals surface area contributed by atoms with Crippen LogP contribution in [0.1, 0.15) is 23.2 Å². The van der Waals surface area contributed by atoms with Crippen LogP contribution in [0.15, 0.2) is 30.5 Å². The van der Waals surface area contributed by atoms with E-state index in [9.17, 15) is 0 Å². The standard InChI is InChI=1S/C14H17N3/c1-17-13(6-8-16-17)10-11-4-5-14-12(9-11)3-2-7-15-14/h4-6,8-9,15H,2-3,7,10H2,1H3. The highest BCUT2D eigenvalue weighted by molar-refractivity contribution is 5.54. The van der Waals surface area contributed by atoms with Gasteiger partial charge in [0.2, 0.25) is 0 Å². The highest BCUT2D eigenvalue weighted by Gasteiger charge is 2.09. The molecule has 88 valence electrons. The summed E-state index contributed by atoms with van der Waals surface area (Å²) in [4.78, 5) is 0. The highest BCUT2D eigenvalue weighted by atomic mass is 15.2. The summed E-state index contributed by atoms with van der Waals surface area (Å²) in [5.41, 5.74) is 5.39. The van der Waals surface area contributed by atoms with Crippen LogP contribution < -0.4 is 5.32 Å². The van der Waals surface area contributed by atoms with Gasteiger partial charge in [-0.15, -0.1) is 0 Å². The molecule has 1 aliphatic rings. The van der Waals surface area contributed by atoms with E-state index < -0.39 is 0 Å². The third-order valence-corrected chi connectivity index (χ3v) is 3.42. The molecule has 0 saturated heterocycles. The molecule has 2 heterocycles. The summed E-state index contributed by atoms with van der Waals surface area (Å²) in [6.45, 7) is 1.11. The van der Waals surface area contributed by atoms with Gasteiger partial charge in [-0.25, -0.2) is 0 Å². The molecule has 0 radical (unpaired) electrons. The van der Waals surface area contributed by atoms with Crippen molar-refractivity contribution in [3.8, 4) is 0 Å². The van der Waals surface area contributed by atoms with Crippen molar-refractivity contribution < 1.29 is 0 Å². The average Bonchev–Trinajstić information content (AvgIpc) is 2.75. The van der Waals surface area contributed by atoms with Crippen molar-refractivity contribution in [1.29, 1.82) is 0 Å². The van der Waals surface area contributed by atoms with Crippen LogP contribution in [0.25, 0.3) is 0 Å². The molecule has 0 unspecified atom stereocenters. The molecule has 2 aromatic rings. The third kappa shape index (κ3) is 2.05. The molecule has 0 atom stereocenters. The summed E-state index contributed by atoms with van der Waals surface area (Å²) < 4.78 is 1.94. The van der Waals surface area contributed by atoms with E-state index in [1.165, 1.54) is 35.3 Å². The van der Waals surface area contributed by atoms with E-state index in [1.807, 2.05) is 17.9 Å². The quantitative estimate of drug-likeness (QED) is 0.853. The first-order valence-corrected chi connectivity index (χ1v) is 6.15. The average molecular weight is 227 g/mol. The van der Waals surface area contributed by atoms with Gasteiger partial charge in [0.15, 0.2) is 0 Å². The Balaban J connectivity index is 1.87. The minimum Gasteiger partial charge on any atom is -0.385 e. The first-order valence-electron chi connectivity index (χ1n) is 6.15. The van der Waals surface area contributed by atoms with E-state index in [2.05, 4.69) is 34.7 Å². The van der Waals surface area contributed by atoms with Gasteiger partial charge < -0.3 is 5.32 Å². The zero-order valence-corrected chi connectivity index (χ0v) is 10.1. The fourth-order valence-corrected chi connectivity index (χ4v) is 2.42. The summed E-state index contributed by atoms with van der Waals surface area (Å²) >= 11 is 0. The monoisotopic (exact) mass is 227 g/mol. The number of aromatic nitrogens is 2. The van der Waals surface area contributed by atoms with Gasteiger partial charge in [0.05, 0.1) is 0 Å². The van der Waals surface area contributed by atoms with Crippen molar-refractivity contribution >= 4 is 5.69 Å². The number of aryl methyl sites for hydroxylation is 2. The fraction of sp³-hybridized carbons (Fsp3) is 0.357. The number of fused-ring (bicyclic) bond motifs is 1. The van der Waals surface area contributed by atoms with Gasteiger partial charge in [0.1, 0.15) is 0 Å². The van der Waals surface area contributed by atoms with Crippen LogP contribution >= 0.6 is 0 Å². The minimum absolute atomic E-state index is 0.962. The van der Waals surface area contributed by atoms with E-state index in [1.54, 1.807) is 0 Å². The van der Waals surface area contributed by atoms with E-state index in [4.69, 9.17) is 0 Å². The van der Waals surface area contributed by atoms with Crippen LogP contribution in [-0.2, 0) is 19.9 Å². The smallest absolute Gasteiger partial charge is 0.0492 e. The van der Waals surface area contributed by atoms with Gasteiger partial charge in [0.25, 0.3) is 0 Å². The van der Waals surface area contributed by atoms with Crippen LogP contribution in [0.5, 0.6) is 0 Å². The molecule has 0 amide bonds. The predicted octanol–water partition coefficient (Wildman–Crippen LogP) is 2.37. The van der Waals surface area contributed by atoms with Gasteiger partial charge in [-0.1, -0.05) is 12.1 Å². The van der Waals surface area contributed by atoms with E-state index in [-0.39, 0.29) is 0 Å². The predicted molar refractivity (Wildman–Crippen MR) is 69.3 cm³/mol. The van der Waals surface area contributed by atoms with Crippen LogP contribution in [0.3, 0.4) is 0 Å². The Bertz CT molecular complexity index is 528. The van der Waals surface area contributed by atoms with Crippen molar-refractivity contribution in [1.82, 2.24) is 9.78 Å². The van der Waals surface area contributed by atoms with Crippen LogP contribution in [0.4, 0.5) is 5.69 Å². The maximum absolute atomic E-state index is 4.20. The molecule has 0 bridgehead atoms. The Morgan fingerprint density at radius 1 is 1.35 bits per heavy atom. The van der Waals surface area contributed by atoms with Gasteiger partial charge in [0, 0.05) is 37.6 Å². The van der Waals surface area contributed by atoms with Crippen molar-refractivity contribution in [2.45, 2.75) is 19.3 Å². The molecule has 3 rings (SSSR count). The molecule has 3 nitrogen and oxygen atoms in total. The molecular formula is C14H17N3. The number of rotatable bonds is 2. The lowest BCUT2D eigenvalue weighted by Gasteiger charge is -2.18. The molecule has 1 aliphatic heterocycles. The van der Waals surface area contributed by atoms with Gasteiger partial charge in [-0.2, -0.15) is 5.10 Å². The van der Waals surface area contributed by atoms with Crippen molar-refractivity contribution in [3.05, 3.63) is 47.3 Å². The second-order valence-corrected chi connectivity index (χ2v) is 4.64. The molecular weight excluding hydrogens is 210 g/mol. The van der Waals surface area contributed by atoms with Crippen LogP contribution in [-0.4, -0.2) is 16.3 Å². The Hall–Kier alpha value is -1.77. The Labute approximate surface area is 101 Å². The maximum atomic E-state index is 4.20. The second kappa shape index (κ2) is 4.24. The summed E-state index contributed by atoms with van der Waals surface area (Å²) in [7, 11) is 2.00. The zero-order chi connectivity index (χ0) is 11.7. The molecule has 0 aliphatic carbocycles. The maximum Gasteiger partial charge on any atom is 0.0492 e. The SMILES string of the molecule is Cn1nccc1Cc1ccc2c(c1)CCCN2. The molecule has 17 heavy (non-hydrogen) atoms. The molecule has 1 N–H and O–H groups in total. The van der Waals surface area contributed by atoms with Crippen LogP contribution in [0, 0.1) is 0 Å². The summed E-state index contributed by atoms with van der Waals surface area (Å²) in [6.07, 6.45) is 5.25. The molecule has 0 fully saturated rings. The van der Waals surface area contributed by atoms with Crippen molar-refractivity contribution in [3.63, 3.8) is 0 Å². The number of hydrogen-bond donors (Lipinski definition) is 1. The van der Waals surface area contributed by atoms with E-state index >= 15 is 0 Å². The Morgan fingerprint density at radius 2 is 2.29 bits per heavy atom. The normalized spacial score (nSPS) is 14.2. The Morgan fingerprint density at radius 3 is 3.12 bits per heavy atom. The minimum atomic E-state index is 0.962. The summed E-state index contributed by atoms with van der Waals surface area (Å²) in [5.74, 6) is 0. The van der Waals surface area contributed by atoms with Crippen LogP contribution in [0.2, 0.25) is 0 Å². The number of hydrogen-bond acceptors (Lipinski definition) is 2. The molecule has 1 aromatic carbocycles. The number of anilines is 1. The van der Waals surface area contributed by atoms with Gasteiger partial charge >= 0.3 is 0 Å². The lowest BCUT2D eigenvalue weighted by atomic mass is 9.99. The topological polar surface area (TPSA) is 29.9 Å².